The molecule has 0 aliphatic carbocycles. The summed E-state index contributed by atoms with van der Waals surface area (Å²) in [7, 11) is 0. The van der Waals surface area contributed by atoms with Gasteiger partial charge < -0.3 is 14.2 Å². The molecule has 2 heterocycles. The van der Waals surface area contributed by atoms with Gasteiger partial charge >= 0.3 is 0 Å². The molecule has 0 saturated carbocycles. The number of carbonyl (C=O) groups is 1. The number of para-hydroxylation sites is 1. The molecule has 0 amide bonds. The largest absolute Gasteiger partial charge is 0.491 e. The van der Waals surface area contributed by atoms with Crippen LogP contribution in [0.5, 0.6) is 11.5 Å². The predicted molar refractivity (Wildman–Crippen MR) is 108 cm³/mol. The standard InChI is InChI=1S/C22H22ClNO4/c23-19-14-16(5-6-21(19)27-12-9-24-7-10-26-11-8-24)13-17-15-28-20-4-2-1-3-18(20)22(17)25/h1-6,13-14H,7-12,15H2/b17-13-. The average molecular weight is 400 g/mol. The van der Waals surface area contributed by atoms with Gasteiger partial charge in [-0.15, -0.1) is 0 Å². The molecular weight excluding hydrogens is 378 g/mol. The van der Waals surface area contributed by atoms with Crippen LogP contribution in [0.2, 0.25) is 5.02 Å². The van der Waals surface area contributed by atoms with Gasteiger partial charge in [0.1, 0.15) is 24.7 Å². The number of hydrogen-bond donors (Lipinski definition) is 0. The molecule has 0 N–H and O–H groups in total. The van der Waals surface area contributed by atoms with Gasteiger partial charge in [-0.3, -0.25) is 9.69 Å². The van der Waals surface area contributed by atoms with Gasteiger partial charge in [0.2, 0.25) is 0 Å². The first kappa shape index (κ1) is 19.0. The van der Waals surface area contributed by atoms with E-state index < -0.39 is 0 Å². The number of ether oxygens (including phenoxy) is 3. The van der Waals surface area contributed by atoms with E-state index in [9.17, 15) is 4.79 Å². The minimum Gasteiger partial charge on any atom is -0.491 e. The van der Waals surface area contributed by atoms with E-state index in [-0.39, 0.29) is 12.4 Å². The first-order valence-corrected chi connectivity index (χ1v) is 9.78. The number of fused-ring (bicyclic) bond motifs is 1. The summed E-state index contributed by atoms with van der Waals surface area (Å²) < 4.78 is 16.9. The molecule has 0 aromatic heterocycles. The van der Waals surface area contributed by atoms with Crippen molar-refractivity contribution in [2.24, 2.45) is 0 Å². The maximum atomic E-state index is 12.6. The van der Waals surface area contributed by atoms with Gasteiger partial charge in [-0.1, -0.05) is 29.8 Å². The van der Waals surface area contributed by atoms with Crippen molar-refractivity contribution in [3.05, 3.63) is 64.2 Å². The second-order valence-corrected chi connectivity index (χ2v) is 7.18. The van der Waals surface area contributed by atoms with Crippen molar-refractivity contribution in [3.63, 3.8) is 0 Å². The number of rotatable bonds is 5. The highest BCUT2D eigenvalue weighted by Crippen LogP contribution is 2.30. The Morgan fingerprint density at radius 2 is 1.96 bits per heavy atom. The molecule has 146 valence electrons. The number of Topliss-reactive ketones (excluding diaryl/α,β-unsaturated/α-hetero) is 1. The van der Waals surface area contributed by atoms with E-state index in [0.29, 0.717) is 34.3 Å². The van der Waals surface area contributed by atoms with E-state index in [0.717, 1.165) is 38.4 Å². The van der Waals surface area contributed by atoms with Crippen LogP contribution in [-0.2, 0) is 4.74 Å². The molecule has 0 radical (unpaired) electrons. The van der Waals surface area contributed by atoms with Crippen molar-refractivity contribution >= 4 is 23.5 Å². The van der Waals surface area contributed by atoms with Crippen LogP contribution in [0, 0.1) is 0 Å². The van der Waals surface area contributed by atoms with Gasteiger partial charge in [-0.2, -0.15) is 0 Å². The Morgan fingerprint density at radius 3 is 2.79 bits per heavy atom. The highest BCUT2D eigenvalue weighted by atomic mass is 35.5. The first-order valence-electron chi connectivity index (χ1n) is 9.40. The third-order valence-electron chi connectivity index (χ3n) is 4.87. The fraction of sp³-hybridized carbons (Fsp3) is 0.318. The lowest BCUT2D eigenvalue weighted by molar-refractivity contribution is 0.0322. The van der Waals surface area contributed by atoms with E-state index in [2.05, 4.69) is 4.90 Å². The van der Waals surface area contributed by atoms with Crippen molar-refractivity contribution in [1.29, 1.82) is 0 Å². The van der Waals surface area contributed by atoms with Gasteiger partial charge in [0.15, 0.2) is 5.78 Å². The van der Waals surface area contributed by atoms with Crippen LogP contribution >= 0.6 is 11.6 Å². The van der Waals surface area contributed by atoms with Crippen LogP contribution in [0.4, 0.5) is 0 Å². The normalized spacial score (nSPS) is 18.6. The quantitative estimate of drug-likeness (QED) is 0.717. The lowest BCUT2D eigenvalue weighted by Crippen LogP contribution is -2.38. The van der Waals surface area contributed by atoms with Gasteiger partial charge in [0, 0.05) is 25.2 Å². The van der Waals surface area contributed by atoms with Crippen LogP contribution in [0.3, 0.4) is 0 Å². The van der Waals surface area contributed by atoms with Crippen molar-refractivity contribution in [3.8, 4) is 11.5 Å². The highest BCUT2D eigenvalue weighted by molar-refractivity contribution is 6.32. The molecule has 6 heteroatoms. The summed E-state index contributed by atoms with van der Waals surface area (Å²) in [5.74, 6) is 1.27. The maximum absolute atomic E-state index is 12.6. The van der Waals surface area contributed by atoms with Crippen LogP contribution < -0.4 is 9.47 Å². The number of halogens is 1. The Kier molecular flexibility index (Phi) is 5.95. The molecule has 2 aromatic rings. The third-order valence-corrected chi connectivity index (χ3v) is 5.17. The van der Waals surface area contributed by atoms with Gasteiger partial charge in [-0.05, 0) is 35.9 Å². The molecule has 0 atom stereocenters. The molecule has 5 nitrogen and oxygen atoms in total. The third kappa shape index (κ3) is 4.38. The monoisotopic (exact) mass is 399 g/mol. The Morgan fingerprint density at radius 1 is 1.14 bits per heavy atom. The highest BCUT2D eigenvalue weighted by Gasteiger charge is 2.22. The molecule has 28 heavy (non-hydrogen) atoms. The number of ketones is 1. The molecule has 2 aromatic carbocycles. The summed E-state index contributed by atoms with van der Waals surface area (Å²) in [5.41, 5.74) is 2.04. The smallest absolute Gasteiger partial charge is 0.196 e. The lowest BCUT2D eigenvalue weighted by Gasteiger charge is -2.26. The molecule has 2 aliphatic rings. The minimum absolute atomic E-state index is 0.0104. The van der Waals surface area contributed by atoms with Gasteiger partial charge in [0.05, 0.1) is 23.8 Å². The van der Waals surface area contributed by atoms with Gasteiger partial charge in [0.25, 0.3) is 0 Å². The number of hydrogen-bond acceptors (Lipinski definition) is 5. The van der Waals surface area contributed by atoms with Gasteiger partial charge in [-0.25, -0.2) is 0 Å². The Balaban J connectivity index is 1.40. The second-order valence-electron chi connectivity index (χ2n) is 6.78. The zero-order valence-electron chi connectivity index (χ0n) is 15.5. The lowest BCUT2D eigenvalue weighted by atomic mass is 9.98. The van der Waals surface area contributed by atoms with Crippen molar-refractivity contribution in [1.82, 2.24) is 4.90 Å². The molecule has 4 rings (SSSR count). The Labute approximate surface area is 169 Å². The van der Waals surface area contributed by atoms with Crippen LogP contribution in [0.15, 0.2) is 48.0 Å². The molecule has 1 fully saturated rings. The zero-order valence-corrected chi connectivity index (χ0v) is 16.3. The summed E-state index contributed by atoms with van der Waals surface area (Å²) in [4.78, 5) is 15.0. The fourth-order valence-electron chi connectivity index (χ4n) is 3.32. The maximum Gasteiger partial charge on any atom is 0.196 e. The van der Waals surface area contributed by atoms with E-state index in [4.69, 9.17) is 25.8 Å². The first-order chi connectivity index (χ1) is 13.7. The molecule has 1 saturated heterocycles. The molecule has 2 aliphatic heterocycles. The Bertz CT molecular complexity index is 890. The zero-order chi connectivity index (χ0) is 19.3. The van der Waals surface area contributed by atoms with Crippen molar-refractivity contribution in [2.75, 3.05) is 46.1 Å². The summed E-state index contributed by atoms with van der Waals surface area (Å²) in [6.07, 6.45) is 1.82. The molecule has 0 spiro atoms. The fourth-order valence-corrected chi connectivity index (χ4v) is 3.56. The average Bonchev–Trinajstić information content (AvgIpc) is 2.73. The topological polar surface area (TPSA) is 48.0 Å². The van der Waals surface area contributed by atoms with E-state index in [1.165, 1.54) is 0 Å². The second kappa shape index (κ2) is 8.78. The predicted octanol–water partition coefficient (Wildman–Crippen LogP) is 3.71. The molecular formula is C22H22ClNO4. The molecule has 0 unspecified atom stereocenters. The van der Waals surface area contributed by atoms with Crippen LogP contribution in [0.25, 0.3) is 6.08 Å². The van der Waals surface area contributed by atoms with Crippen molar-refractivity contribution in [2.45, 2.75) is 0 Å². The number of morpholine rings is 1. The molecule has 0 bridgehead atoms. The summed E-state index contributed by atoms with van der Waals surface area (Å²) >= 11 is 6.38. The summed E-state index contributed by atoms with van der Waals surface area (Å²) in [6, 6.07) is 12.8. The van der Waals surface area contributed by atoms with E-state index >= 15 is 0 Å². The number of carbonyl (C=O) groups excluding carboxylic acids is 1. The summed E-state index contributed by atoms with van der Waals surface area (Å²) in [6.45, 7) is 5.09. The summed E-state index contributed by atoms with van der Waals surface area (Å²) in [5, 5.41) is 0.529. The van der Waals surface area contributed by atoms with Crippen LogP contribution in [-0.4, -0.2) is 56.7 Å². The van der Waals surface area contributed by atoms with Crippen molar-refractivity contribution < 1.29 is 19.0 Å². The Hall–Kier alpha value is -2.34. The number of benzene rings is 2. The SMILES string of the molecule is O=C1/C(=C\c2ccc(OCCN3CCOCC3)c(Cl)c2)COc2ccccc21. The van der Waals surface area contributed by atoms with Crippen LogP contribution in [0.1, 0.15) is 15.9 Å². The minimum atomic E-state index is -0.0104. The van der Waals surface area contributed by atoms with E-state index in [1.54, 1.807) is 6.07 Å². The number of nitrogens with zero attached hydrogens (tertiary/aromatic N) is 1. The van der Waals surface area contributed by atoms with E-state index in [1.807, 2.05) is 42.5 Å².